The fourth-order valence-corrected chi connectivity index (χ4v) is 7.10. The summed E-state index contributed by atoms with van der Waals surface area (Å²) in [6.07, 6.45) is 3.88. The molecule has 3 aromatic carbocycles. The van der Waals surface area contributed by atoms with E-state index in [-0.39, 0.29) is 10.8 Å². The molecule has 0 aliphatic carbocycles. The second-order valence-corrected chi connectivity index (χ2v) is 12.1. The van der Waals surface area contributed by atoms with Crippen LogP contribution < -0.4 is 4.90 Å². The van der Waals surface area contributed by atoms with Gasteiger partial charge in [0.2, 0.25) is 10.0 Å². The molecule has 8 heteroatoms. The molecule has 1 aliphatic rings. The van der Waals surface area contributed by atoms with Crippen molar-refractivity contribution in [2.24, 2.45) is 0 Å². The van der Waals surface area contributed by atoms with Crippen molar-refractivity contribution >= 4 is 42.6 Å². The summed E-state index contributed by atoms with van der Waals surface area (Å²) in [7, 11) is -3.57. The molecule has 1 aromatic heterocycles. The lowest BCUT2D eigenvalue weighted by Crippen LogP contribution is -2.32. The molecular weight excluding hydrogens is 490 g/mol. The molecule has 2 heterocycles. The van der Waals surface area contributed by atoms with Crippen LogP contribution in [0.3, 0.4) is 0 Å². The van der Waals surface area contributed by atoms with Gasteiger partial charge in [0, 0.05) is 18.7 Å². The van der Waals surface area contributed by atoms with Crippen LogP contribution >= 0.6 is 11.3 Å². The minimum atomic E-state index is -3.57. The first-order chi connectivity index (χ1) is 17.4. The van der Waals surface area contributed by atoms with Crippen LogP contribution in [0.25, 0.3) is 10.2 Å². The molecule has 1 aliphatic heterocycles. The molecule has 1 fully saturated rings. The molecule has 0 spiro atoms. The zero-order chi connectivity index (χ0) is 25.1. The van der Waals surface area contributed by atoms with Crippen LogP contribution in [0.5, 0.6) is 0 Å². The third kappa shape index (κ3) is 5.07. The molecule has 0 radical (unpaired) electrons. The van der Waals surface area contributed by atoms with Crippen molar-refractivity contribution in [1.82, 2.24) is 9.29 Å². The van der Waals surface area contributed by atoms with Gasteiger partial charge < -0.3 is 0 Å². The third-order valence-corrected chi connectivity index (χ3v) is 9.53. The number of amides is 1. The summed E-state index contributed by atoms with van der Waals surface area (Å²) in [6, 6.07) is 22.2. The maximum absolute atomic E-state index is 13.8. The van der Waals surface area contributed by atoms with Crippen LogP contribution in [-0.2, 0) is 16.6 Å². The summed E-state index contributed by atoms with van der Waals surface area (Å²) < 4.78 is 28.9. The number of thiazole rings is 1. The predicted octanol–water partition coefficient (Wildman–Crippen LogP) is 6.02. The minimum Gasteiger partial charge on any atom is -0.279 e. The van der Waals surface area contributed by atoms with Crippen LogP contribution in [0.15, 0.2) is 77.7 Å². The maximum Gasteiger partial charge on any atom is 0.260 e. The van der Waals surface area contributed by atoms with Gasteiger partial charge in [-0.25, -0.2) is 13.4 Å². The number of benzene rings is 3. The van der Waals surface area contributed by atoms with Gasteiger partial charge in [-0.2, -0.15) is 4.31 Å². The molecule has 0 atom stereocenters. The summed E-state index contributed by atoms with van der Waals surface area (Å²) in [5.41, 5.74) is 3.37. The zero-order valence-electron chi connectivity index (χ0n) is 20.3. The fraction of sp³-hybridized carbons (Fsp3) is 0.286. The Balaban J connectivity index is 1.46. The van der Waals surface area contributed by atoms with Crippen LogP contribution in [0.2, 0.25) is 0 Å². The molecule has 1 saturated heterocycles. The summed E-state index contributed by atoms with van der Waals surface area (Å²) >= 11 is 1.48. The third-order valence-electron chi connectivity index (χ3n) is 6.57. The van der Waals surface area contributed by atoms with E-state index in [1.54, 1.807) is 33.5 Å². The first-order valence-corrected chi connectivity index (χ1v) is 14.5. The number of para-hydroxylation sites is 1. The van der Waals surface area contributed by atoms with E-state index >= 15 is 0 Å². The van der Waals surface area contributed by atoms with Gasteiger partial charge in [-0.1, -0.05) is 66.6 Å². The molecule has 0 N–H and O–H groups in total. The molecule has 0 bridgehead atoms. The first-order valence-electron chi connectivity index (χ1n) is 12.3. The van der Waals surface area contributed by atoms with E-state index < -0.39 is 10.0 Å². The van der Waals surface area contributed by atoms with Crippen molar-refractivity contribution in [3.8, 4) is 0 Å². The van der Waals surface area contributed by atoms with Gasteiger partial charge in [-0.3, -0.25) is 9.69 Å². The van der Waals surface area contributed by atoms with Crippen LogP contribution in [0, 0.1) is 6.92 Å². The van der Waals surface area contributed by atoms with Gasteiger partial charge in [-0.05, 0) is 61.2 Å². The molecule has 0 saturated carbocycles. The summed E-state index contributed by atoms with van der Waals surface area (Å²) in [4.78, 5) is 20.5. The zero-order valence-corrected chi connectivity index (χ0v) is 21.9. The molecular formula is C28H29N3O3S2. The Hall–Kier alpha value is -3.07. The van der Waals surface area contributed by atoms with E-state index in [2.05, 4.69) is 0 Å². The second kappa shape index (κ2) is 10.5. The molecule has 6 nitrogen and oxygen atoms in total. The van der Waals surface area contributed by atoms with Gasteiger partial charge in [0.15, 0.2) is 5.13 Å². The normalized spacial score (nSPS) is 15.0. The van der Waals surface area contributed by atoms with Gasteiger partial charge in [-0.15, -0.1) is 0 Å². The highest BCUT2D eigenvalue weighted by molar-refractivity contribution is 7.89. The highest BCUT2D eigenvalue weighted by Gasteiger charge is 2.27. The van der Waals surface area contributed by atoms with Crippen molar-refractivity contribution in [2.75, 3.05) is 18.0 Å². The molecule has 4 aromatic rings. The Morgan fingerprint density at radius 3 is 2.28 bits per heavy atom. The van der Waals surface area contributed by atoms with Gasteiger partial charge in [0.1, 0.15) is 0 Å². The number of anilines is 1. The topological polar surface area (TPSA) is 70.6 Å². The Morgan fingerprint density at radius 2 is 1.61 bits per heavy atom. The largest absolute Gasteiger partial charge is 0.279 e. The molecule has 0 unspecified atom stereocenters. The van der Waals surface area contributed by atoms with Crippen LogP contribution in [-0.4, -0.2) is 36.7 Å². The minimum absolute atomic E-state index is 0.214. The smallest absolute Gasteiger partial charge is 0.260 e. The van der Waals surface area contributed by atoms with Crippen molar-refractivity contribution < 1.29 is 13.2 Å². The Morgan fingerprint density at radius 1 is 0.917 bits per heavy atom. The maximum atomic E-state index is 13.8. The van der Waals surface area contributed by atoms with Gasteiger partial charge >= 0.3 is 0 Å². The number of hydrogen-bond acceptors (Lipinski definition) is 5. The van der Waals surface area contributed by atoms with E-state index in [1.165, 1.54) is 11.3 Å². The number of aromatic nitrogens is 1. The quantitative estimate of drug-likeness (QED) is 0.312. The average Bonchev–Trinajstić information content (AvgIpc) is 3.14. The van der Waals surface area contributed by atoms with E-state index in [0.29, 0.717) is 30.3 Å². The number of aryl methyl sites for hydroxylation is 1. The monoisotopic (exact) mass is 519 g/mol. The highest BCUT2D eigenvalue weighted by Crippen LogP contribution is 2.32. The Kier molecular flexibility index (Phi) is 7.18. The molecule has 36 heavy (non-hydrogen) atoms. The number of fused-ring (bicyclic) bond motifs is 1. The van der Waals surface area contributed by atoms with E-state index in [1.807, 2.05) is 55.5 Å². The lowest BCUT2D eigenvalue weighted by Gasteiger charge is -2.21. The predicted molar refractivity (Wildman–Crippen MR) is 145 cm³/mol. The van der Waals surface area contributed by atoms with Crippen molar-refractivity contribution in [3.63, 3.8) is 0 Å². The van der Waals surface area contributed by atoms with Gasteiger partial charge in [0.05, 0.1) is 21.7 Å². The van der Waals surface area contributed by atoms with Crippen LogP contribution in [0.4, 0.5) is 5.13 Å². The van der Waals surface area contributed by atoms with Crippen molar-refractivity contribution in [1.29, 1.82) is 0 Å². The number of carbonyl (C=O) groups excluding carboxylic acids is 1. The van der Waals surface area contributed by atoms with E-state index in [0.717, 1.165) is 47.0 Å². The SMILES string of the molecule is Cc1cccc2sc(N(Cc3ccccc3)C(=O)c3ccc(S(=O)(=O)N4CCCCCC4)cc3)nc12. The summed E-state index contributed by atoms with van der Waals surface area (Å²) in [6.45, 7) is 3.47. The first kappa shape index (κ1) is 24.6. The average molecular weight is 520 g/mol. The molecule has 186 valence electrons. The van der Waals surface area contributed by atoms with Crippen LogP contribution in [0.1, 0.15) is 47.2 Å². The van der Waals surface area contributed by atoms with E-state index in [9.17, 15) is 13.2 Å². The fourth-order valence-electron chi connectivity index (χ4n) is 4.54. The standard InChI is InChI=1S/C28H29N3O3S2/c1-21-10-9-13-25-26(21)29-28(35-25)31(20-22-11-5-4-6-12-22)27(32)23-14-16-24(17-15-23)36(33,34)30-18-7-2-3-8-19-30/h4-6,9-17H,2-3,7-8,18-20H2,1H3. The summed E-state index contributed by atoms with van der Waals surface area (Å²) in [5.74, 6) is -0.214. The highest BCUT2D eigenvalue weighted by atomic mass is 32.2. The second-order valence-electron chi connectivity index (χ2n) is 9.14. The van der Waals surface area contributed by atoms with E-state index in [4.69, 9.17) is 4.98 Å². The number of hydrogen-bond donors (Lipinski definition) is 0. The summed E-state index contributed by atoms with van der Waals surface area (Å²) in [5, 5.41) is 0.620. The van der Waals surface area contributed by atoms with Crippen molar-refractivity contribution in [2.45, 2.75) is 44.0 Å². The molecule has 1 amide bonds. The Labute approximate surface area is 216 Å². The van der Waals surface area contributed by atoms with Gasteiger partial charge in [0.25, 0.3) is 5.91 Å². The number of nitrogens with zero attached hydrogens (tertiary/aromatic N) is 3. The lowest BCUT2D eigenvalue weighted by molar-refractivity contribution is 0.0985. The van der Waals surface area contributed by atoms with Crippen molar-refractivity contribution in [3.05, 3.63) is 89.5 Å². The number of sulfonamides is 1. The number of carbonyl (C=O) groups is 1. The molecule has 5 rings (SSSR count). The number of rotatable bonds is 6. The Bertz CT molecular complexity index is 1460. The lowest BCUT2D eigenvalue weighted by atomic mass is 10.1.